The van der Waals surface area contributed by atoms with Crippen LogP contribution in [0.3, 0.4) is 0 Å². The second kappa shape index (κ2) is 6.20. The molecule has 1 aromatic carbocycles. The van der Waals surface area contributed by atoms with Crippen LogP contribution in [-0.4, -0.2) is 53.2 Å². The Bertz CT molecular complexity index is 877. The number of aromatic nitrogens is 5. The minimum absolute atomic E-state index is 0.296. The van der Waals surface area contributed by atoms with Crippen molar-refractivity contribution in [2.24, 2.45) is 0 Å². The zero-order valence-corrected chi connectivity index (χ0v) is 14.1. The van der Waals surface area contributed by atoms with E-state index in [0.717, 1.165) is 24.4 Å². The molecule has 1 fully saturated rings. The lowest BCUT2D eigenvalue weighted by Crippen LogP contribution is -2.37. The number of halogens is 1. The molecule has 0 radical (unpaired) electrons. The van der Waals surface area contributed by atoms with E-state index < -0.39 is 5.60 Å². The number of benzene rings is 1. The molecule has 3 aromatic rings. The normalized spacial score (nSPS) is 21.4. The number of hydrogen-bond acceptors (Lipinski definition) is 5. The van der Waals surface area contributed by atoms with Gasteiger partial charge in [-0.05, 0) is 25.5 Å². The molecular weight excluding hydrogens is 323 g/mol. The van der Waals surface area contributed by atoms with Crippen LogP contribution in [0.2, 0.25) is 0 Å². The van der Waals surface area contributed by atoms with Gasteiger partial charge in [-0.15, -0.1) is 5.10 Å². The molecule has 0 saturated carbocycles. The Labute approximate surface area is 144 Å². The molecule has 2 aromatic heterocycles. The average Bonchev–Trinajstić information content (AvgIpc) is 3.28. The van der Waals surface area contributed by atoms with E-state index in [2.05, 4.69) is 20.2 Å². The third kappa shape index (κ3) is 3.03. The minimum Gasteiger partial charge on any atom is -0.387 e. The summed E-state index contributed by atoms with van der Waals surface area (Å²) >= 11 is 0. The molecule has 1 N–H and O–H groups in total. The molecule has 0 amide bonds. The number of aliphatic hydroxyl groups is 1. The van der Waals surface area contributed by atoms with E-state index in [-0.39, 0.29) is 5.82 Å². The molecule has 1 aliphatic heterocycles. The largest absolute Gasteiger partial charge is 0.387 e. The molecule has 1 unspecified atom stereocenters. The molecule has 7 nitrogen and oxygen atoms in total. The average molecular weight is 344 g/mol. The highest BCUT2D eigenvalue weighted by Crippen LogP contribution is 2.26. The molecule has 8 heteroatoms. The topological polar surface area (TPSA) is 72.0 Å². The number of rotatable bonds is 5. The van der Waals surface area contributed by atoms with Crippen molar-refractivity contribution in [2.75, 3.05) is 13.1 Å². The van der Waals surface area contributed by atoms with E-state index in [9.17, 15) is 9.50 Å². The fourth-order valence-corrected chi connectivity index (χ4v) is 3.66. The summed E-state index contributed by atoms with van der Waals surface area (Å²) in [5.41, 5.74) is 0.396. The van der Waals surface area contributed by atoms with Crippen molar-refractivity contribution in [1.82, 2.24) is 29.4 Å². The minimum atomic E-state index is -0.831. The first-order valence-corrected chi connectivity index (χ1v) is 8.50. The van der Waals surface area contributed by atoms with E-state index in [1.54, 1.807) is 23.1 Å². The van der Waals surface area contributed by atoms with E-state index >= 15 is 0 Å². The summed E-state index contributed by atoms with van der Waals surface area (Å²) in [5.74, 6) is 0.530. The van der Waals surface area contributed by atoms with Crippen molar-refractivity contribution >= 4 is 11.0 Å². The van der Waals surface area contributed by atoms with Crippen molar-refractivity contribution in [2.45, 2.75) is 38.6 Å². The highest BCUT2D eigenvalue weighted by atomic mass is 19.1. The van der Waals surface area contributed by atoms with Gasteiger partial charge in [0.05, 0.1) is 30.4 Å². The van der Waals surface area contributed by atoms with Crippen LogP contribution in [0.4, 0.5) is 4.39 Å². The van der Waals surface area contributed by atoms with Gasteiger partial charge in [-0.1, -0.05) is 11.3 Å². The Kier molecular flexibility index (Phi) is 4.01. The van der Waals surface area contributed by atoms with Crippen LogP contribution in [0.25, 0.3) is 11.0 Å². The van der Waals surface area contributed by atoms with E-state index in [0.29, 0.717) is 31.6 Å². The summed E-state index contributed by atoms with van der Waals surface area (Å²) in [7, 11) is 0. The predicted molar refractivity (Wildman–Crippen MR) is 90.2 cm³/mol. The van der Waals surface area contributed by atoms with Gasteiger partial charge in [-0.25, -0.2) is 14.1 Å². The van der Waals surface area contributed by atoms with Crippen LogP contribution >= 0.6 is 0 Å². The summed E-state index contributed by atoms with van der Waals surface area (Å²) in [6.07, 6.45) is 4.02. The lowest BCUT2D eigenvalue weighted by molar-refractivity contribution is 0.0271. The van der Waals surface area contributed by atoms with Gasteiger partial charge in [0, 0.05) is 25.8 Å². The third-order valence-electron chi connectivity index (χ3n) is 4.83. The van der Waals surface area contributed by atoms with Crippen molar-refractivity contribution in [3.63, 3.8) is 0 Å². The lowest BCUT2D eigenvalue weighted by Gasteiger charge is -2.23. The van der Waals surface area contributed by atoms with Gasteiger partial charge in [0.15, 0.2) is 5.82 Å². The fraction of sp³-hybridized carbons (Fsp3) is 0.471. The number of β-amino-alcohol motifs (C(OH)–C–C–N with tert-alkyl or cyclic N) is 1. The van der Waals surface area contributed by atoms with Crippen LogP contribution in [0.5, 0.6) is 0 Å². The maximum absolute atomic E-state index is 14.0. The molecule has 132 valence electrons. The van der Waals surface area contributed by atoms with Gasteiger partial charge in [-0.2, -0.15) is 0 Å². The van der Waals surface area contributed by atoms with Crippen LogP contribution in [-0.2, 0) is 19.6 Å². The number of nitrogens with zero attached hydrogens (tertiary/aromatic N) is 6. The van der Waals surface area contributed by atoms with Crippen LogP contribution in [0.1, 0.15) is 19.2 Å². The molecule has 4 rings (SSSR count). The van der Waals surface area contributed by atoms with Crippen molar-refractivity contribution in [1.29, 1.82) is 0 Å². The number of imidazole rings is 1. The second-order valence-corrected chi connectivity index (χ2v) is 6.67. The summed E-state index contributed by atoms with van der Waals surface area (Å²) < 4.78 is 17.7. The Hall–Kier alpha value is -2.32. The molecule has 0 bridgehead atoms. The van der Waals surface area contributed by atoms with Gasteiger partial charge < -0.3 is 9.67 Å². The highest BCUT2D eigenvalue weighted by Gasteiger charge is 2.37. The molecule has 1 atom stereocenters. The van der Waals surface area contributed by atoms with Crippen molar-refractivity contribution in [3.8, 4) is 0 Å². The number of aryl methyl sites for hydroxylation is 1. The monoisotopic (exact) mass is 344 g/mol. The first kappa shape index (κ1) is 16.2. The quantitative estimate of drug-likeness (QED) is 0.758. The molecule has 0 spiro atoms. The molecule has 0 aliphatic carbocycles. The van der Waals surface area contributed by atoms with Gasteiger partial charge >= 0.3 is 0 Å². The first-order chi connectivity index (χ1) is 12.1. The SMILES string of the molecule is CCn1c(CN2CCC(O)(Cn3ccnn3)C2)nc2c(F)cccc21. The maximum atomic E-state index is 14.0. The Morgan fingerprint density at radius 3 is 3.00 bits per heavy atom. The van der Waals surface area contributed by atoms with Gasteiger partial charge in [0.1, 0.15) is 11.3 Å². The molecular formula is C17H21FN6O. The lowest BCUT2D eigenvalue weighted by atomic mass is 10.0. The predicted octanol–water partition coefficient (Wildman–Crippen LogP) is 1.42. The molecule has 25 heavy (non-hydrogen) atoms. The van der Waals surface area contributed by atoms with Crippen LogP contribution in [0.15, 0.2) is 30.6 Å². The Balaban J connectivity index is 1.53. The summed E-state index contributed by atoms with van der Waals surface area (Å²) in [6, 6.07) is 5.04. The Morgan fingerprint density at radius 2 is 2.24 bits per heavy atom. The van der Waals surface area contributed by atoms with Gasteiger partial charge in [0.25, 0.3) is 0 Å². The molecule has 3 heterocycles. The number of hydrogen-bond donors (Lipinski definition) is 1. The summed E-state index contributed by atoms with van der Waals surface area (Å²) in [5, 5.41) is 18.5. The molecule has 1 saturated heterocycles. The number of likely N-dealkylation sites (tertiary alicyclic amines) is 1. The van der Waals surface area contributed by atoms with Crippen LogP contribution in [0, 0.1) is 5.82 Å². The summed E-state index contributed by atoms with van der Waals surface area (Å²) in [4.78, 5) is 6.66. The first-order valence-electron chi connectivity index (χ1n) is 8.50. The zero-order valence-electron chi connectivity index (χ0n) is 14.1. The molecule has 1 aliphatic rings. The number of fused-ring (bicyclic) bond motifs is 1. The standard InChI is InChI=1S/C17H21FN6O/c1-2-24-14-5-3-4-13(18)16(14)20-15(24)10-22-8-6-17(25,11-22)12-23-9-7-19-21-23/h3-5,7,9,25H,2,6,8,10-12H2,1H3. The second-order valence-electron chi connectivity index (χ2n) is 6.67. The van der Waals surface area contributed by atoms with Gasteiger partial charge in [-0.3, -0.25) is 4.90 Å². The van der Waals surface area contributed by atoms with Crippen molar-refractivity contribution in [3.05, 3.63) is 42.2 Å². The van der Waals surface area contributed by atoms with Crippen LogP contribution < -0.4 is 0 Å². The maximum Gasteiger partial charge on any atom is 0.151 e. The smallest absolute Gasteiger partial charge is 0.151 e. The third-order valence-corrected chi connectivity index (χ3v) is 4.83. The van der Waals surface area contributed by atoms with E-state index in [1.807, 2.05) is 17.6 Å². The Morgan fingerprint density at radius 1 is 1.36 bits per heavy atom. The van der Waals surface area contributed by atoms with E-state index in [4.69, 9.17) is 0 Å². The fourth-order valence-electron chi connectivity index (χ4n) is 3.66. The zero-order chi connectivity index (χ0) is 17.4. The summed E-state index contributed by atoms with van der Waals surface area (Å²) in [6.45, 7) is 5.06. The van der Waals surface area contributed by atoms with Crippen molar-refractivity contribution < 1.29 is 9.50 Å². The van der Waals surface area contributed by atoms with E-state index in [1.165, 1.54) is 6.07 Å². The number of para-hydroxylation sites is 1. The highest BCUT2D eigenvalue weighted by molar-refractivity contribution is 5.76. The van der Waals surface area contributed by atoms with Gasteiger partial charge in [0.2, 0.25) is 0 Å².